The summed E-state index contributed by atoms with van der Waals surface area (Å²) in [6.07, 6.45) is 5.07. The molecule has 6 nitrogen and oxygen atoms in total. The van der Waals surface area contributed by atoms with Crippen molar-refractivity contribution in [3.8, 4) is 0 Å². The minimum Gasteiger partial charge on any atom is -0.396 e. The molecule has 1 fully saturated rings. The lowest BCUT2D eigenvalue weighted by Crippen LogP contribution is -2.29. The van der Waals surface area contributed by atoms with Gasteiger partial charge in [-0.1, -0.05) is 27.2 Å². The number of unbranched alkanes of at least 4 members (excludes halogenated alkanes) is 2. The Kier molecular flexibility index (Phi) is 13.2. The zero-order valence-electron chi connectivity index (χ0n) is 13.7. The minimum absolute atomic E-state index is 0. The van der Waals surface area contributed by atoms with Gasteiger partial charge >= 0.3 is 0 Å². The second-order valence-corrected chi connectivity index (χ2v) is 8.04. The van der Waals surface area contributed by atoms with Gasteiger partial charge in [0, 0.05) is 32.4 Å². The van der Waals surface area contributed by atoms with E-state index in [2.05, 4.69) is 6.92 Å². The molecule has 138 valence electrons. The molecule has 1 amide bonds. The van der Waals surface area contributed by atoms with E-state index in [1.165, 1.54) is 6.26 Å². The van der Waals surface area contributed by atoms with Crippen LogP contribution in [0.1, 0.15) is 46.5 Å². The van der Waals surface area contributed by atoms with E-state index in [0.29, 0.717) is 25.4 Å². The van der Waals surface area contributed by atoms with E-state index in [4.69, 9.17) is 9.90 Å². The molecular formula is C16H33NO5S. The average molecular weight is 352 g/mol. The van der Waals surface area contributed by atoms with Crippen LogP contribution in [-0.2, 0) is 19.4 Å². The van der Waals surface area contributed by atoms with E-state index in [-0.39, 0.29) is 31.6 Å². The van der Waals surface area contributed by atoms with Crippen molar-refractivity contribution in [3.05, 3.63) is 0 Å². The van der Waals surface area contributed by atoms with Crippen molar-refractivity contribution < 1.29 is 23.1 Å². The summed E-state index contributed by atoms with van der Waals surface area (Å²) >= 11 is 0. The molecule has 2 unspecified atom stereocenters. The van der Waals surface area contributed by atoms with Gasteiger partial charge < -0.3 is 14.8 Å². The first-order valence-corrected chi connectivity index (χ1v) is 9.78. The van der Waals surface area contributed by atoms with Crippen LogP contribution in [0.15, 0.2) is 0 Å². The molecule has 0 aromatic rings. The van der Waals surface area contributed by atoms with E-state index in [9.17, 15) is 13.2 Å². The minimum atomic E-state index is -2.99. The molecule has 0 saturated carbocycles. The highest BCUT2D eigenvalue weighted by atomic mass is 32.2. The third-order valence-electron chi connectivity index (χ3n) is 4.02. The molecule has 1 aliphatic rings. The summed E-state index contributed by atoms with van der Waals surface area (Å²) in [7, 11) is -2.99. The number of amides is 1. The number of carbonyl (C=O) groups excluding carboxylic acids is 2. The SMILES string of the molecule is C.C=O.CCC1CN(C(=O)CCCCCO)CC1CS(C)(=O)=O. The summed E-state index contributed by atoms with van der Waals surface area (Å²) in [5.41, 5.74) is 0. The summed E-state index contributed by atoms with van der Waals surface area (Å²) < 4.78 is 22.9. The fraction of sp³-hybridized carbons (Fsp3) is 0.875. The maximum absolute atomic E-state index is 12.1. The van der Waals surface area contributed by atoms with Gasteiger partial charge in [0.25, 0.3) is 0 Å². The van der Waals surface area contributed by atoms with Gasteiger partial charge in [0.05, 0.1) is 5.75 Å². The summed E-state index contributed by atoms with van der Waals surface area (Å²) in [4.78, 5) is 21.9. The molecular weight excluding hydrogens is 318 g/mol. The predicted octanol–water partition coefficient (Wildman–Crippen LogP) is 1.52. The number of hydrogen-bond donors (Lipinski definition) is 1. The number of likely N-dealkylation sites (tertiary alicyclic amines) is 1. The molecule has 0 bridgehead atoms. The Bertz CT molecular complexity index is 424. The number of aliphatic hydroxyl groups excluding tert-OH is 1. The van der Waals surface area contributed by atoms with Crippen molar-refractivity contribution in [2.45, 2.75) is 46.5 Å². The van der Waals surface area contributed by atoms with Crippen LogP contribution in [-0.4, -0.2) is 62.8 Å². The number of rotatable bonds is 8. The van der Waals surface area contributed by atoms with Crippen molar-refractivity contribution in [1.29, 1.82) is 0 Å². The first-order valence-electron chi connectivity index (χ1n) is 7.72. The lowest BCUT2D eigenvalue weighted by molar-refractivity contribution is -0.130. The van der Waals surface area contributed by atoms with Gasteiger partial charge in [0.1, 0.15) is 16.6 Å². The molecule has 7 heteroatoms. The Morgan fingerprint density at radius 3 is 2.22 bits per heavy atom. The smallest absolute Gasteiger partial charge is 0.222 e. The summed E-state index contributed by atoms with van der Waals surface area (Å²) in [5, 5.41) is 8.70. The first kappa shape index (κ1) is 24.3. The monoisotopic (exact) mass is 351 g/mol. The van der Waals surface area contributed by atoms with Crippen molar-refractivity contribution in [1.82, 2.24) is 4.90 Å². The fourth-order valence-electron chi connectivity index (χ4n) is 2.91. The molecule has 1 aliphatic heterocycles. The molecule has 1 rings (SSSR count). The van der Waals surface area contributed by atoms with E-state index in [0.717, 1.165) is 25.7 Å². The van der Waals surface area contributed by atoms with E-state index in [1.54, 1.807) is 0 Å². The van der Waals surface area contributed by atoms with Crippen LogP contribution in [0.5, 0.6) is 0 Å². The van der Waals surface area contributed by atoms with Crippen LogP contribution in [0.2, 0.25) is 0 Å². The topological polar surface area (TPSA) is 91.8 Å². The van der Waals surface area contributed by atoms with E-state index < -0.39 is 9.84 Å². The van der Waals surface area contributed by atoms with Gasteiger partial charge in [0.2, 0.25) is 5.91 Å². The highest BCUT2D eigenvalue weighted by Crippen LogP contribution is 2.28. The predicted molar refractivity (Wildman–Crippen MR) is 93.0 cm³/mol. The maximum atomic E-state index is 12.1. The van der Waals surface area contributed by atoms with Crippen LogP contribution < -0.4 is 0 Å². The first-order chi connectivity index (χ1) is 10.4. The largest absolute Gasteiger partial charge is 0.396 e. The van der Waals surface area contributed by atoms with Gasteiger partial charge in [-0.25, -0.2) is 8.42 Å². The summed E-state index contributed by atoms with van der Waals surface area (Å²) in [6.45, 7) is 5.49. The number of hydrogen-bond acceptors (Lipinski definition) is 5. The van der Waals surface area contributed by atoms with E-state index in [1.807, 2.05) is 11.7 Å². The average Bonchev–Trinajstić information content (AvgIpc) is 2.86. The number of sulfone groups is 1. The third kappa shape index (κ3) is 9.71. The van der Waals surface area contributed by atoms with Gasteiger partial charge in [-0.15, -0.1) is 0 Å². The van der Waals surface area contributed by atoms with Crippen molar-refractivity contribution in [2.24, 2.45) is 11.8 Å². The maximum Gasteiger partial charge on any atom is 0.222 e. The second-order valence-electron chi connectivity index (χ2n) is 5.85. The number of aliphatic hydroxyl groups is 1. The van der Waals surface area contributed by atoms with Crippen LogP contribution >= 0.6 is 0 Å². The molecule has 0 radical (unpaired) electrons. The Morgan fingerprint density at radius 2 is 1.74 bits per heavy atom. The number of nitrogens with zero attached hydrogens (tertiary/aromatic N) is 1. The third-order valence-corrected chi connectivity index (χ3v) is 5.05. The Morgan fingerprint density at radius 1 is 1.17 bits per heavy atom. The standard InChI is InChI=1S/C14H27NO4S.CH2O.CH4/c1-3-12-9-15(10-13(12)11-20(2,18)19)14(17)7-5-4-6-8-16;1-2;/h12-13,16H,3-11H2,1-2H3;1H2;1H4. The molecule has 1 N–H and O–H groups in total. The second kappa shape index (κ2) is 12.5. The molecule has 0 aromatic carbocycles. The zero-order chi connectivity index (χ0) is 17.2. The number of carbonyl (C=O) groups is 2. The normalized spacial score (nSPS) is 20.4. The zero-order valence-corrected chi connectivity index (χ0v) is 14.5. The Balaban J connectivity index is 0. The highest BCUT2D eigenvalue weighted by Gasteiger charge is 2.35. The molecule has 1 heterocycles. The van der Waals surface area contributed by atoms with Gasteiger partial charge in [0.15, 0.2) is 0 Å². The molecule has 1 saturated heterocycles. The van der Waals surface area contributed by atoms with Crippen molar-refractivity contribution in [2.75, 3.05) is 31.7 Å². The van der Waals surface area contributed by atoms with Crippen molar-refractivity contribution in [3.63, 3.8) is 0 Å². The molecule has 23 heavy (non-hydrogen) atoms. The van der Waals surface area contributed by atoms with Crippen molar-refractivity contribution >= 4 is 22.5 Å². The molecule has 0 aromatic heterocycles. The Labute approximate surface area is 141 Å². The molecule has 0 spiro atoms. The van der Waals surface area contributed by atoms with Crippen LogP contribution in [0.3, 0.4) is 0 Å². The van der Waals surface area contributed by atoms with Gasteiger partial charge in [-0.3, -0.25) is 4.79 Å². The lowest BCUT2D eigenvalue weighted by Gasteiger charge is -2.16. The van der Waals surface area contributed by atoms with Gasteiger partial charge in [-0.05, 0) is 24.7 Å². The van der Waals surface area contributed by atoms with E-state index >= 15 is 0 Å². The fourth-order valence-corrected chi connectivity index (χ4v) is 4.06. The van der Waals surface area contributed by atoms with Gasteiger partial charge in [-0.2, -0.15) is 0 Å². The summed E-state index contributed by atoms with van der Waals surface area (Å²) in [5.74, 6) is 0.680. The highest BCUT2D eigenvalue weighted by molar-refractivity contribution is 7.90. The Hall–Kier alpha value is -0.950. The molecule has 2 atom stereocenters. The lowest BCUT2D eigenvalue weighted by atomic mass is 9.96. The van der Waals surface area contributed by atoms with Crippen LogP contribution in [0, 0.1) is 11.8 Å². The van der Waals surface area contributed by atoms with Crippen LogP contribution in [0.25, 0.3) is 0 Å². The summed E-state index contributed by atoms with van der Waals surface area (Å²) in [6, 6.07) is 0. The van der Waals surface area contributed by atoms with Crippen LogP contribution in [0.4, 0.5) is 0 Å². The quantitative estimate of drug-likeness (QED) is 0.669. The molecule has 0 aliphatic carbocycles.